The molecule has 4 rings (SSSR count). The van der Waals surface area contributed by atoms with Crippen LogP contribution in [0.2, 0.25) is 0 Å². The number of amides is 1. The average molecular weight is 379 g/mol. The lowest BCUT2D eigenvalue weighted by Gasteiger charge is -2.32. The summed E-state index contributed by atoms with van der Waals surface area (Å²) < 4.78 is 11.4. The Morgan fingerprint density at radius 1 is 1.25 bits per heavy atom. The number of hydrogen-bond acceptors (Lipinski definition) is 5. The molecule has 6 nitrogen and oxygen atoms in total. The van der Waals surface area contributed by atoms with Gasteiger partial charge in [-0.15, -0.1) is 0 Å². The monoisotopic (exact) mass is 379 g/mol. The fourth-order valence-electron chi connectivity index (χ4n) is 3.59. The van der Waals surface area contributed by atoms with Crippen molar-refractivity contribution in [2.45, 2.75) is 51.5 Å². The third kappa shape index (κ3) is 3.86. The van der Waals surface area contributed by atoms with Gasteiger partial charge in [0.25, 0.3) is 5.91 Å². The summed E-state index contributed by atoms with van der Waals surface area (Å²) >= 11 is 0. The van der Waals surface area contributed by atoms with Crippen LogP contribution in [0.25, 0.3) is 0 Å². The number of benzene rings is 1. The van der Waals surface area contributed by atoms with Crippen molar-refractivity contribution in [3.05, 3.63) is 71.3 Å². The van der Waals surface area contributed by atoms with Gasteiger partial charge in [-0.05, 0) is 30.7 Å². The molecule has 0 saturated carbocycles. The molecular formula is C22H25N3O3. The summed E-state index contributed by atoms with van der Waals surface area (Å²) in [5.41, 5.74) is 1.96. The van der Waals surface area contributed by atoms with Crippen molar-refractivity contribution in [1.82, 2.24) is 15.0 Å². The molecular weight excluding hydrogens is 354 g/mol. The zero-order chi connectivity index (χ0) is 19.5. The van der Waals surface area contributed by atoms with Gasteiger partial charge in [-0.1, -0.05) is 49.3 Å². The smallest absolute Gasteiger partial charge is 0.293 e. The molecule has 6 heteroatoms. The molecule has 0 aliphatic carbocycles. The number of carbonyl (C=O) groups excluding carboxylic acids is 1. The fourth-order valence-corrected chi connectivity index (χ4v) is 3.59. The second-order valence-corrected chi connectivity index (χ2v) is 7.61. The van der Waals surface area contributed by atoms with Crippen LogP contribution in [0.3, 0.4) is 0 Å². The van der Waals surface area contributed by atoms with Crippen LogP contribution in [0.15, 0.2) is 51.5 Å². The predicted molar refractivity (Wildman–Crippen MR) is 104 cm³/mol. The number of oxazole rings is 1. The molecule has 1 saturated heterocycles. The summed E-state index contributed by atoms with van der Waals surface area (Å²) in [5.74, 6) is 1.76. The van der Waals surface area contributed by atoms with Crippen LogP contribution in [0.4, 0.5) is 0 Å². The third-order valence-corrected chi connectivity index (χ3v) is 5.17. The Bertz CT molecular complexity index is 929. The Kier molecular flexibility index (Phi) is 5.28. The Morgan fingerprint density at radius 3 is 2.82 bits per heavy atom. The Balaban J connectivity index is 1.53. The predicted octanol–water partition coefficient (Wildman–Crippen LogP) is 4.74. The van der Waals surface area contributed by atoms with Gasteiger partial charge in [0.05, 0.1) is 11.9 Å². The summed E-state index contributed by atoms with van der Waals surface area (Å²) in [6, 6.07) is 11.7. The van der Waals surface area contributed by atoms with E-state index in [2.05, 4.69) is 22.3 Å². The molecule has 0 unspecified atom stereocenters. The zero-order valence-corrected chi connectivity index (χ0v) is 16.3. The average Bonchev–Trinajstić information content (AvgIpc) is 3.38. The first-order chi connectivity index (χ1) is 13.6. The maximum absolute atomic E-state index is 13.0. The molecule has 1 amide bonds. The summed E-state index contributed by atoms with van der Waals surface area (Å²) in [5, 5.41) is 4.02. The molecule has 1 fully saturated rings. The van der Waals surface area contributed by atoms with Gasteiger partial charge >= 0.3 is 0 Å². The molecule has 1 atom stereocenters. The van der Waals surface area contributed by atoms with Crippen LogP contribution in [0.1, 0.15) is 78.5 Å². The molecule has 0 N–H and O–H groups in total. The number of aromatic nitrogens is 2. The van der Waals surface area contributed by atoms with Crippen molar-refractivity contribution in [3.8, 4) is 0 Å². The van der Waals surface area contributed by atoms with E-state index in [1.165, 1.54) is 5.56 Å². The Morgan fingerprint density at radius 2 is 2.07 bits per heavy atom. The summed E-state index contributed by atoms with van der Waals surface area (Å²) in [6.45, 7) is 4.71. The second-order valence-electron chi connectivity index (χ2n) is 7.61. The molecule has 0 bridgehead atoms. The first-order valence-corrected chi connectivity index (χ1v) is 9.88. The van der Waals surface area contributed by atoms with Crippen molar-refractivity contribution >= 4 is 5.91 Å². The van der Waals surface area contributed by atoms with Gasteiger partial charge in [-0.3, -0.25) is 4.79 Å². The molecule has 28 heavy (non-hydrogen) atoms. The highest BCUT2D eigenvalue weighted by Crippen LogP contribution is 2.32. The van der Waals surface area contributed by atoms with Crippen LogP contribution in [0, 0.1) is 0 Å². The quantitative estimate of drug-likeness (QED) is 0.640. The van der Waals surface area contributed by atoms with Gasteiger partial charge in [0.15, 0.2) is 0 Å². The highest BCUT2D eigenvalue weighted by atomic mass is 16.5. The molecule has 1 aliphatic heterocycles. The minimum atomic E-state index is -0.168. The summed E-state index contributed by atoms with van der Waals surface area (Å²) in [6.07, 6.45) is 5.30. The van der Waals surface area contributed by atoms with E-state index in [1.807, 2.05) is 36.9 Å². The van der Waals surface area contributed by atoms with Crippen molar-refractivity contribution in [2.24, 2.45) is 0 Å². The lowest BCUT2D eigenvalue weighted by Crippen LogP contribution is -2.38. The molecule has 3 heterocycles. The normalized spacial score (nSPS) is 17.2. The van der Waals surface area contributed by atoms with Crippen LogP contribution >= 0.6 is 0 Å². The Labute approximate surface area is 164 Å². The van der Waals surface area contributed by atoms with Crippen LogP contribution < -0.4 is 0 Å². The highest BCUT2D eigenvalue weighted by Gasteiger charge is 2.33. The van der Waals surface area contributed by atoms with Crippen molar-refractivity contribution in [2.75, 3.05) is 6.54 Å². The van der Waals surface area contributed by atoms with E-state index in [0.717, 1.165) is 30.7 Å². The first-order valence-electron chi connectivity index (χ1n) is 9.88. The first kappa shape index (κ1) is 18.5. The molecule has 0 radical (unpaired) electrons. The SMILES string of the molecule is CC(C)c1cc(C(=O)N2CCCC[C@H]2c2ncc(Cc3ccccc3)o2)on1. The minimum absolute atomic E-state index is 0.146. The van der Waals surface area contributed by atoms with Gasteiger partial charge in [0.1, 0.15) is 11.8 Å². The lowest BCUT2D eigenvalue weighted by molar-refractivity contribution is 0.0528. The van der Waals surface area contributed by atoms with E-state index in [4.69, 9.17) is 8.94 Å². The van der Waals surface area contributed by atoms with Gasteiger partial charge < -0.3 is 13.8 Å². The number of carbonyl (C=O) groups is 1. The molecule has 1 aromatic carbocycles. The zero-order valence-electron chi connectivity index (χ0n) is 16.3. The van der Waals surface area contributed by atoms with Crippen molar-refractivity contribution in [1.29, 1.82) is 0 Å². The van der Waals surface area contributed by atoms with Gasteiger partial charge in [-0.2, -0.15) is 0 Å². The number of piperidine rings is 1. The molecule has 146 valence electrons. The number of rotatable bonds is 5. The maximum Gasteiger partial charge on any atom is 0.293 e. The van der Waals surface area contributed by atoms with Crippen LogP contribution in [-0.4, -0.2) is 27.5 Å². The fraction of sp³-hybridized carbons (Fsp3) is 0.409. The van der Waals surface area contributed by atoms with Gasteiger partial charge in [0, 0.05) is 19.0 Å². The standard InChI is InChI=1S/C22H25N3O3/c1-15(2)18-13-20(28-24-18)22(26)25-11-7-6-10-19(25)21-23-14-17(27-21)12-16-8-4-3-5-9-16/h3-5,8-9,13-15,19H,6-7,10-12H2,1-2H3/t19-/m0/s1. The van der Waals surface area contributed by atoms with E-state index in [9.17, 15) is 4.79 Å². The number of likely N-dealkylation sites (tertiary alicyclic amines) is 1. The summed E-state index contributed by atoms with van der Waals surface area (Å²) in [4.78, 5) is 19.3. The topological polar surface area (TPSA) is 72.4 Å². The molecule has 3 aromatic rings. The minimum Gasteiger partial charge on any atom is -0.443 e. The highest BCUT2D eigenvalue weighted by molar-refractivity contribution is 5.91. The van der Waals surface area contributed by atoms with Crippen molar-refractivity contribution in [3.63, 3.8) is 0 Å². The van der Waals surface area contributed by atoms with Crippen molar-refractivity contribution < 1.29 is 13.7 Å². The van der Waals surface area contributed by atoms with Crippen LogP contribution in [0.5, 0.6) is 0 Å². The largest absolute Gasteiger partial charge is 0.443 e. The van der Waals surface area contributed by atoms with E-state index in [-0.39, 0.29) is 23.6 Å². The number of hydrogen-bond donors (Lipinski definition) is 0. The van der Waals surface area contributed by atoms with Gasteiger partial charge in [-0.25, -0.2) is 4.98 Å². The van der Waals surface area contributed by atoms with Crippen LogP contribution in [-0.2, 0) is 6.42 Å². The van der Waals surface area contributed by atoms with Gasteiger partial charge in [0.2, 0.25) is 11.7 Å². The maximum atomic E-state index is 13.0. The molecule has 1 aliphatic rings. The lowest BCUT2D eigenvalue weighted by atomic mass is 10.0. The second kappa shape index (κ2) is 8.00. The molecule has 0 spiro atoms. The van der Waals surface area contributed by atoms with E-state index in [1.54, 1.807) is 12.3 Å². The number of nitrogens with zero attached hydrogens (tertiary/aromatic N) is 3. The van der Waals surface area contributed by atoms with E-state index in [0.29, 0.717) is 18.9 Å². The molecule has 2 aromatic heterocycles. The Hall–Kier alpha value is -2.89. The third-order valence-electron chi connectivity index (χ3n) is 5.17. The van der Waals surface area contributed by atoms with E-state index >= 15 is 0 Å². The van der Waals surface area contributed by atoms with E-state index < -0.39 is 0 Å². The summed E-state index contributed by atoms with van der Waals surface area (Å²) in [7, 11) is 0.